The van der Waals surface area contributed by atoms with Gasteiger partial charge in [-0.15, -0.1) is 0 Å². The van der Waals surface area contributed by atoms with E-state index in [2.05, 4.69) is 18.6 Å². The Bertz CT molecular complexity index is 525. The molecule has 0 saturated carbocycles. The number of rotatable bonds is 8. The summed E-state index contributed by atoms with van der Waals surface area (Å²) in [6, 6.07) is 0. The van der Waals surface area contributed by atoms with Crippen LogP contribution >= 0.6 is 0 Å². The zero-order chi connectivity index (χ0) is 23.2. The van der Waals surface area contributed by atoms with Crippen molar-refractivity contribution in [2.75, 3.05) is 13.2 Å². The van der Waals surface area contributed by atoms with E-state index >= 15 is 0 Å². The minimum absolute atomic E-state index is 0. The van der Waals surface area contributed by atoms with Crippen LogP contribution in [0.4, 0.5) is 0 Å². The van der Waals surface area contributed by atoms with Crippen molar-refractivity contribution in [1.29, 1.82) is 0 Å². The van der Waals surface area contributed by atoms with E-state index < -0.39 is 88.6 Å². The second-order valence-electron chi connectivity index (χ2n) is 6.04. The maximum Gasteiger partial charge on any atom is 2.00 e. The molecule has 0 aromatic rings. The summed E-state index contributed by atoms with van der Waals surface area (Å²) < 4.78 is 18.3. The van der Waals surface area contributed by atoms with Gasteiger partial charge < -0.3 is 79.1 Å². The number of aliphatic hydroxyl groups is 6. The van der Waals surface area contributed by atoms with Gasteiger partial charge in [-0.1, -0.05) is 0 Å². The standard InChI is InChI=1S/2C6H11BO8.Mg/c2*8-1-2-5(15-7(13)14-2)3(9)4(10)6(11)12;/h2*2-5,8-10,13H,1H2,(H,11,12);/q;;+2/p-2/t2*2-,3-,4+,5-;/m00./s1. The summed E-state index contributed by atoms with van der Waals surface area (Å²) in [6.07, 6.45) is -13.0. The van der Waals surface area contributed by atoms with Gasteiger partial charge in [0.15, 0.2) is 0 Å². The summed E-state index contributed by atoms with van der Waals surface area (Å²) in [7, 11) is -3.34. The largest absolute Gasteiger partial charge is 2.00 e. The van der Waals surface area contributed by atoms with Crippen LogP contribution < -0.4 is 10.2 Å². The maximum absolute atomic E-state index is 10.2. The summed E-state index contributed by atoms with van der Waals surface area (Å²) >= 11 is 0. The minimum Gasteiger partial charge on any atom is -0.547 e. The number of carboxylic acids is 2. The Balaban J connectivity index is 0.000000562. The van der Waals surface area contributed by atoms with E-state index in [-0.39, 0.29) is 23.1 Å². The Hall–Kier alpha value is -0.644. The van der Waals surface area contributed by atoms with Crippen molar-refractivity contribution in [1.82, 2.24) is 0 Å². The summed E-state index contributed by atoms with van der Waals surface area (Å²) in [5.41, 5.74) is 0. The molecule has 8 atom stereocenters. The first kappa shape index (κ1) is 30.4. The van der Waals surface area contributed by atoms with Crippen molar-refractivity contribution >= 4 is 49.6 Å². The fourth-order valence-electron chi connectivity index (χ4n) is 2.50. The van der Waals surface area contributed by atoms with E-state index in [9.17, 15) is 30.0 Å². The third-order valence-corrected chi connectivity index (χ3v) is 4.03. The van der Waals surface area contributed by atoms with Gasteiger partial charge in [0, 0.05) is 0 Å². The van der Waals surface area contributed by atoms with Crippen molar-refractivity contribution < 1.29 is 79.1 Å². The molecule has 2 saturated heterocycles. The molecule has 0 aromatic heterocycles. The second-order valence-corrected chi connectivity index (χ2v) is 6.04. The molecule has 19 heteroatoms. The van der Waals surface area contributed by atoms with E-state index in [0.717, 1.165) is 0 Å². The van der Waals surface area contributed by atoms with Crippen molar-refractivity contribution in [3.8, 4) is 0 Å². The monoisotopic (exact) mass is 466 g/mol. The van der Waals surface area contributed by atoms with Gasteiger partial charge in [-0.2, -0.15) is 0 Å². The maximum atomic E-state index is 10.2. The first-order valence-electron chi connectivity index (χ1n) is 8.28. The Morgan fingerprint density at radius 1 is 0.742 bits per heavy atom. The minimum atomic E-state index is -2.18. The topological polar surface area (TPSA) is 279 Å². The molecule has 16 nitrogen and oxygen atoms in total. The van der Waals surface area contributed by atoms with Gasteiger partial charge in [0.25, 0.3) is 0 Å². The van der Waals surface area contributed by atoms with E-state index in [1.165, 1.54) is 0 Å². The molecule has 0 radical (unpaired) electrons. The molecule has 31 heavy (non-hydrogen) atoms. The number of carbonyl (C=O) groups is 2. The van der Waals surface area contributed by atoms with Crippen molar-refractivity contribution in [3.63, 3.8) is 0 Å². The van der Waals surface area contributed by atoms with E-state index in [4.69, 9.17) is 30.5 Å². The SMILES string of the molecule is O=C([O-])[C@H](O)[C@H](O)[C@H]1OB(O)O[C@H]1CO.O=C([O-])[C@H](O)[C@H](O)[C@H]1OB(O)O[C@H]1CO.[Mg+2]. The van der Waals surface area contributed by atoms with Crippen LogP contribution in [0.5, 0.6) is 0 Å². The van der Waals surface area contributed by atoms with Gasteiger partial charge in [0.05, 0.1) is 37.4 Å². The molecule has 0 aliphatic carbocycles. The number of aliphatic hydroxyl groups excluding tert-OH is 6. The fraction of sp³-hybridized carbons (Fsp3) is 0.833. The summed E-state index contributed by atoms with van der Waals surface area (Å²) in [6.45, 7) is -1.20. The Labute approximate surface area is 191 Å². The van der Waals surface area contributed by atoms with E-state index in [0.29, 0.717) is 0 Å². The van der Waals surface area contributed by atoms with Crippen LogP contribution in [0.2, 0.25) is 0 Å². The van der Waals surface area contributed by atoms with Gasteiger partial charge in [-0.05, 0) is 0 Å². The summed E-state index contributed by atoms with van der Waals surface area (Å²) in [5.74, 6) is -3.77. The Morgan fingerprint density at radius 2 is 1.03 bits per heavy atom. The zero-order valence-corrected chi connectivity index (χ0v) is 17.2. The quantitative estimate of drug-likeness (QED) is 0.154. The molecule has 2 aliphatic heterocycles. The Morgan fingerprint density at radius 3 is 1.26 bits per heavy atom. The molecule has 172 valence electrons. The van der Waals surface area contributed by atoms with Gasteiger partial charge in [-0.3, -0.25) is 0 Å². The normalized spacial score (nSPS) is 29.3. The van der Waals surface area contributed by atoms with Gasteiger partial charge in [0.1, 0.15) is 36.6 Å². The van der Waals surface area contributed by atoms with Crippen LogP contribution in [0.25, 0.3) is 0 Å². The van der Waals surface area contributed by atoms with Crippen LogP contribution in [-0.2, 0) is 28.2 Å². The van der Waals surface area contributed by atoms with Crippen molar-refractivity contribution in [2.45, 2.75) is 48.8 Å². The third kappa shape index (κ3) is 8.33. The Kier molecular flexibility index (Phi) is 13.5. The molecule has 2 heterocycles. The predicted molar refractivity (Wildman–Crippen MR) is 89.4 cm³/mol. The average Bonchev–Trinajstić information content (AvgIpc) is 3.27. The molecule has 8 N–H and O–H groups in total. The molecule has 2 fully saturated rings. The molecule has 0 spiro atoms. The van der Waals surface area contributed by atoms with Crippen LogP contribution in [0.1, 0.15) is 0 Å². The molecule has 0 amide bonds. The summed E-state index contributed by atoms with van der Waals surface area (Å²) in [5, 5.41) is 92.2. The number of carbonyl (C=O) groups excluding carboxylic acids is 2. The van der Waals surface area contributed by atoms with Gasteiger partial charge >= 0.3 is 37.7 Å². The van der Waals surface area contributed by atoms with Gasteiger partial charge in [0.2, 0.25) is 0 Å². The zero-order valence-electron chi connectivity index (χ0n) is 15.7. The smallest absolute Gasteiger partial charge is 0.547 e. The van der Waals surface area contributed by atoms with Crippen LogP contribution in [0.15, 0.2) is 0 Å². The van der Waals surface area contributed by atoms with Crippen LogP contribution in [0, 0.1) is 0 Å². The first-order chi connectivity index (χ1) is 13.9. The van der Waals surface area contributed by atoms with Crippen LogP contribution in [-0.4, -0.2) is 152 Å². The number of hydrogen-bond acceptors (Lipinski definition) is 16. The second kappa shape index (κ2) is 13.8. The number of hydrogen-bond donors (Lipinski definition) is 8. The van der Waals surface area contributed by atoms with Crippen molar-refractivity contribution in [2.24, 2.45) is 0 Å². The molecular weight excluding hydrogens is 446 g/mol. The molecule has 0 unspecified atom stereocenters. The number of aliphatic carboxylic acids is 2. The molecule has 2 aliphatic rings. The molecule has 0 bridgehead atoms. The predicted octanol–water partition coefficient (Wildman–Crippen LogP) is -9.96. The third-order valence-electron chi connectivity index (χ3n) is 4.03. The average molecular weight is 466 g/mol. The van der Waals surface area contributed by atoms with E-state index in [1.807, 2.05) is 0 Å². The molecule has 2 rings (SSSR count). The van der Waals surface area contributed by atoms with Crippen molar-refractivity contribution in [3.05, 3.63) is 0 Å². The van der Waals surface area contributed by atoms with Crippen LogP contribution in [0.3, 0.4) is 0 Å². The first-order valence-corrected chi connectivity index (χ1v) is 8.28. The van der Waals surface area contributed by atoms with Gasteiger partial charge in [-0.25, -0.2) is 0 Å². The summed E-state index contributed by atoms with van der Waals surface area (Å²) in [4.78, 5) is 20.5. The fourth-order valence-corrected chi connectivity index (χ4v) is 2.50. The van der Waals surface area contributed by atoms with E-state index in [1.54, 1.807) is 0 Å². The molecular formula is C12H20B2MgO16. The number of carboxylic acid groups (broad SMARTS) is 2. The molecule has 0 aromatic carbocycles.